The number of hydrogen-bond acceptors (Lipinski definition) is 4. The third-order valence-electron chi connectivity index (χ3n) is 6.36. The van der Waals surface area contributed by atoms with Gasteiger partial charge in [0.2, 0.25) is 0 Å². The lowest BCUT2D eigenvalue weighted by molar-refractivity contribution is -0.137. The molecule has 0 N–H and O–H groups in total. The molecule has 36 heavy (non-hydrogen) atoms. The largest absolute Gasteiger partial charge is 0.465 e. The van der Waals surface area contributed by atoms with Crippen LogP contribution in [0.1, 0.15) is 51.5 Å². The monoisotopic (exact) mass is 513 g/mol. The lowest BCUT2D eigenvalue weighted by atomic mass is 10.1. The van der Waals surface area contributed by atoms with Gasteiger partial charge >= 0.3 is 12.1 Å². The number of fused-ring (bicyclic) bond motifs is 1. The second-order valence-electron chi connectivity index (χ2n) is 8.89. The zero-order chi connectivity index (χ0) is 25.7. The van der Waals surface area contributed by atoms with Gasteiger partial charge in [-0.25, -0.2) is 17.2 Å². The smallest absolute Gasteiger partial charge is 0.416 e. The fourth-order valence-corrected chi connectivity index (χ4v) is 5.97. The number of esters is 1. The predicted molar refractivity (Wildman–Crippen MR) is 129 cm³/mol. The van der Waals surface area contributed by atoms with Crippen LogP contribution >= 0.6 is 0 Å². The first kappa shape index (κ1) is 24.1. The number of nitrogens with zero attached hydrogens (tertiary/aromatic N) is 1. The minimum absolute atomic E-state index is 0.0894. The molecule has 1 aromatic heterocycles. The molecule has 1 aliphatic rings. The van der Waals surface area contributed by atoms with Gasteiger partial charge in [-0.1, -0.05) is 24.3 Å². The van der Waals surface area contributed by atoms with Crippen LogP contribution in [0.15, 0.2) is 77.7 Å². The molecule has 0 saturated heterocycles. The maximum absolute atomic E-state index is 13.9. The fraction of sp³-hybridized carbons (Fsp3) is 0.222. The molecule has 0 atom stereocenters. The third-order valence-corrected chi connectivity index (χ3v) is 8.12. The molecule has 1 fully saturated rings. The zero-order valence-electron chi connectivity index (χ0n) is 19.2. The number of benzene rings is 3. The average molecular weight is 514 g/mol. The summed E-state index contributed by atoms with van der Waals surface area (Å²) in [5, 5.41) is 0.174. The second kappa shape index (κ2) is 8.81. The van der Waals surface area contributed by atoms with E-state index in [1.807, 2.05) is 6.07 Å². The van der Waals surface area contributed by atoms with Crippen LogP contribution in [0.2, 0.25) is 0 Å². The molecule has 0 amide bonds. The number of rotatable bonds is 6. The molecule has 1 aliphatic carbocycles. The summed E-state index contributed by atoms with van der Waals surface area (Å²) in [6, 6.07) is 17.7. The van der Waals surface area contributed by atoms with Gasteiger partial charge in [0, 0.05) is 17.5 Å². The summed E-state index contributed by atoms with van der Waals surface area (Å²) in [5.74, 6) is -0.169. The first-order valence-corrected chi connectivity index (χ1v) is 12.8. The molecule has 0 spiro atoms. The van der Waals surface area contributed by atoms with Gasteiger partial charge in [0.15, 0.2) is 0 Å². The van der Waals surface area contributed by atoms with Crippen molar-refractivity contribution in [1.29, 1.82) is 0 Å². The molecular formula is C27H22F3NO4S. The number of alkyl halides is 3. The van der Waals surface area contributed by atoms with E-state index in [2.05, 4.69) is 0 Å². The topological polar surface area (TPSA) is 65.4 Å². The molecule has 3 aromatic carbocycles. The highest BCUT2D eigenvalue weighted by atomic mass is 32.2. The van der Waals surface area contributed by atoms with Gasteiger partial charge in [-0.3, -0.25) is 0 Å². The van der Waals surface area contributed by atoms with Crippen molar-refractivity contribution < 1.29 is 31.1 Å². The molecule has 0 bridgehead atoms. The van der Waals surface area contributed by atoms with Crippen LogP contribution in [-0.2, 0) is 27.4 Å². The van der Waals surface area contributed by atoms with Crippen molar-refractivity contribution in [3.8, 4) is 0 Å². The van der Waals surface area contributed by atoms with Gasteiger partial charge in [-0.15, -0.1) is 0 Å². The van der Waals surface area contributed by atoms with Gasteiger partial charge in [-0.2, -0.15) is 13.2 Å². The van der Waals surface area contributed by atoms with Gasteiger partial charge in [0.1, 0.15) is 0 Å². The summed E-state index contributed by atoms with van der Waals surface area (Å²) >= 11 is 0. The summed E-state index contributed by atoms with van der Waals surface area (Å²) < 4.78 is 73.6. The summed E-state index contributed by atoms with van der Waals surface area (Å²) in [5.41, 5.74) is 1.58. The fourth-order valence-electron chi connectivity index (χ4n) is 4.37. The normalized spacial score (nSPS) is 14.2. The first-order chi connectivity index (χ1) is 17.1. The van der Waals surface area contributed by atoms with E-state index in [0.29, 0.717) is 22.7 Å². The summed E-state index contributed by atoms with van der Waals surface area (Å²) in [6.07, 6.45) is -2.43. The van der Waals surface area contributed by atoms with Crippen molar-refractivity contribution in [3.05, 3.63) is 101 Å². The van der Waals surface area contributed by atoms with Crippen molar-refractivity contribution in [1.82, 2.24) is 3.97 Å². The van der Waals surface area contributed by atoms with Crippen molar-refractivity contribution >= 4 is 26.9 Å². The lowest BCUT2D eigenvalue weighted by Gasteiger charge is -2.14. The van der Waals surface area contributed by atoms with E-state index in [0.717, 1.165) is 34.5 Å². The molecule has 4 aromatic rings. The molecule has 9 heteroatoms. The van der Waals surface area contributed by atoms with E-state index in [9.17, 15) is 26.4 Å². The number of hydrogen-bond donors (Lipinski definition) is 0. The maximum Gasteiger partial charge on any atom is 0.416 e. The Labute approximate surface area is 206 Å². The van der Waals surface area contributed by atoms with Gasteiger partial charge in [-0.05, 0) is 78.4 Å². The van der Waals surface area contributed by atoms with Crippen molar-refractivity contribution in [3.63, 3.8) is 0 Å². The molecule has 1 heterocycles. The highest BCUT2D eigenvalue weighted by Gasteiger charge is 2.32. The summed E-state index contributed by atoms with van der Waals surface area (Å²) in [6.45, 7) is 0. The zero-order valence-corrected chi connectivity index (χ0v) is 20.1. The predicted octanol–water partition coefficient (Wildman–Crippen LogP) is 6.15. The van der Waals surface area contributed by atoms with Crippen LogP contribution in [0.5, 0.6) is 0 Å². The minimum atomic E-state index is -4.56. The average Bonchev–Trinajstić information content (AvgIpc) is 3.64. The van der Waals surface area contributed by atoms with E-state index in [1.165, 1.54) is 25.3 Å². The Morgan fingerprint density at radius 1 is 1.00 bits per heavy atom. The molecule has 186 valence electrons. The number of ether oxygens (including phenoxy) is 1. The molecule has 5 nitrogen and oxygen atoms in total. The van der Waals surface area contributed by atoms with E-state index < -0.39 is 27.7 Å². The summed E-state index contributed by atoms with van der Waals surface area (Å²) in [4.78, 5) is 11.8. The molecule has 1 saturated carbocycles. The molecule has 0 unspecified atom stereocenters. The SMILES string of the molecule is COC(=O)c1ccc(Cc2cc3cc(C(F)(F)F)ccc3n2S(=O)(=O)c2cccc(C3CC3)c2)cc1. The first-order valence-electron chi connectivity index (χ1n) is 11.3. The van der Waals surface area contributed by atoms with Crippen LogP contribution in [0.25, 0.3) is 10.9 Å². The molecule has 0 aliphatic heterocycles. The number of carbonyl (C=O) groups is 1. The van der Waals surface area contributed by atoms with E-state index in [-0.39, 0.29) is 22.2 Å². The Morgan fingerprint density at radius 3 is 2.36 bits per heavy atom. The number of carbonyl (C=O) groups excluding carboxylic acids is 1. The molecule has 0 radical (unpaired) electrons. The van der Waals surface area contributed by atoms with Crippen molar-refractivity contribution in [2.45, 2.75) is 36.3 Å². The van der Waals surface area contributed by atoms with Crippen LogP contribution < -0.4 is 0 Å². The summed E-state index contributed by atoms with van der Waals surface area (Å²) in [7, 11) is -2.84. The van der Waals surface area contributed by atoms with Gasteiger partial charge < -0.3 is 4.74 Å². The van der Waals surface area contributed by atoms with Crippen molar-refractivity contribution in [2.24, 2.45) is 0 Å². The van der Waals surface area contributed by atoms with Crippen LogP contribution in [-0.4, -0.2) is 25.5 Å². The Bertz CT molecular complexity index is 1570. The Balaban J connectivity index is 1.64. The Kier molecular flexibility index (Phi) is 5.90. The van der Waals surface area contributed by atoms with Crippen LogP contribution in [0, 0.1) is 0 Å². The molecular weight excluding hydrogens is 491 g/mol. The van der Waals surface area contributed by atoms with E-state index in [4.69, 9.17) is 4.74 Å². The third kappa shape index (κ3) is 4.51. The maximum atomic E-state index is 13.9. The quantitative estimate of drug-likeness (QED) is 0.290. The van der Waals surface area contributed by atoms with Gasteiger partial charge in [0.25, 0.3) is 10.0 Å². The minimum Gasteiger partial charge on any atom is -0.465 e. The standard InChI is InChI=1S/C27H22F3NO4S/c1-35-26(32)19-7-5-17(6-8-19)13-23-15-21-14-22(27(28,29)30)11-12-25(21)31(23)36(33,34)24-4-2-3-20(16-24)18-9-10-18/h2-8,11-12,14-16,18H,9-10,13H2,1H3. The van der Waals surface area contributed by atoms with Gasteiger partial charge in [0.05, 0.1) is 28.6 Å². The highest BCUT2D eigenvalue weighted by Crippen LogP contribution is 2.41. The van der Waals surface area contributed by atoms with Crippen LogP contribution in [0.4, 0.5) is 13.2 Å². The lowest BCUT2D eigenvalue weighted by Crippen LogP contribution is -2.16. The Hall–Kier alpha value is -3.59. The Morgan fingerprint density at radius 2 is 1.72 bits per heavy atom. The number of halogens is 3. The number of methoxy groups -OCH3 is 1. The second-order valence-corrected chi connectivity index (χ2v) is 10.7. The molecule has 5 rings (SSSR count). The van der Waals surface area contributed by atoms with E-state index >= 15 is 0 Å². The van der Waals surface area contributed by atoms with Crippen LogP contribution in [0.3, 0.4) is 0 Å². The van der Waals surface area contributed by atoms with Crippen molar-refractivity contribution in [2.75, 3.05) is 7.11 Å². The highest BCUT2D eigenvalue weighted by molar-refractivity contribution is 7.90. The number of aromatic nitrogens is 1. The van der Waals surface area contributed by atoms with E-state index in [1.54, 1.807) is 36.4 Å².